The lowest BCUT2D eigenvalue weighted by atomic mass is 10.0. The van der Waals surface area contributed by atoms with Crippen molar-refractivity contribution in [3.63, 3.8) is 0 Å². The van der Waals surface area contributed by atoms with Crippen LogP contribution < -0.4 is 11.5 Å². The van der Waals surface area contributed by atoms with Gasteiger partial charge in [-0.2, -0.15) is 0 Å². The second-order valence-electron chi connectivity index (χ2n) is 3.54. The number of nitrogen functional groups attached to an aromatic ring is 2. The van der Waals surface area contributed by atoms with E-state index >= 15 is 0 Å². The van der Waals surface area contributed by atoms with E-state index in [2.05, 4.69) is 0 Å². The predicted octanol–water partition coefficient (Wildman–Crippen LogP) is 2.94. The Bertz CT molecular complexity index is 556. The monoisotopic (exact) mass is 238 g/mol. The molecule has 0 aliphatic heterocycles. The highest BCUT2D eigenvalue weighted by atomic mass is 19.1. The van der Waals surface area contributed by atoms with Crippen molar-refractivity contribution in [3.05, 3.63) is 47.8 Å². The van der Waals surface area contributed by atoms with Crippen molar-refractivity contribution < 1.29 is 13.2 Å². The molecule has 0 saturated heterocycles. The fourth-order valence-corrected chi connectivity index (χ4v) is 1.58. The molecule has 0 radical (unpaired) electrons. The van der Waals surface area contributed by atoms with Crippen molar-refractivity contribution in [3.8, 4) is 11.1 Å². The van der Waals surface area contributed by atoms with Crippen LogP contribution in [-0.2, 0) is 0 Å². The summed E-state index contributed by atoms with van der Waals surface area (Å²) in [4.78, 5) is 0. The zero-order chi connectivity index (χ0) is 12.6. The molecule has 0 heterocycles. The summed E-state index contributed by atoms with van der Waals surface area (Å²) in [5, 5.41) is 0. The maximum Gasteiger partial charge on any atom is 0.157 e. The van der Waals surface area contributed by atoms with Crippen molar-refractivity contribution >= 4 is 11.4 Å². The molecule has 0 bridgehead atoms. The van der Waals surface area contributed by atoms with Gasteiger partial charge in [0.2, 0.25) is 0 Å². The van der Waals surface area contributed by atoms with Crippen LogP contribution in [0.5, 0.6) is 0 Å². The fourth-order valence-electron chi connectivity index (χ4n) is 1.58. The zero-order valence-electron chi connectivity index (χ0n) is 8.68. The Morgan fingerprint density at radius 3 is 1.88 bits per heavy atom. The highest BCUT2D eigenvalue weighted by Crippen LogP contribution is 2.34. The Balaban J connectivity index is 2.80. The lowest BCUT2D eigenvalue weighted by Crippen LogP contribution is -2.02. The third-order valence-corrected chi connectivity index (χ3v) is 2.40. The Morgan fingerprint density at radius 1 is 0.824 bits per heavy atom. The van der Waals surface area contributed by atoms with Gasteiger partial charge in [-0.3, -0.25) is 0 Å². The summed E-state index contributed by atoms with van der Waals surface area (Å²) in [5.74, 6) is -2.76. The largest absolute Gasteiger partial charge is 0.396 e. The highest BCUT2D eigenvalue weighted by Gasteiger charge is 2.19. The van der Waals surface area contributed by atoms with E-state index in [1.165, 1.54) is 18.2 Å². The van der Waals surface area contributed by atoms with Gasteiger partial charge in [0, 0.05) is 5.56 Å². The molecule has 0 unspecified atom stereocenters. The van der Waals surface area contributed by atoms with E-state index in [1.807, 2.05) is 0 Å². The van der Waals surface area contributed by atoms with Crippen LogP contribution in [0.2, 0.25) is 0 Å². The van der Waals surface area contributed by atoms with Gasteiger partial charge in [-0.1, -0.05) is 18.2 Å². The molecular weight excluding hydrogens is 229 g/mol. The Morgan fingerprint density at radius 2 is 1.35 bits per heavy atom. The van der Waals surface area contributed by atoms with Crippen LogP contribution in [-0.4, -0.2) is 0 Å². The van der Waals surface area contributed by atoms with Gasteiger partial charge in [-0.15, -0.1) is 0 Å². The first-order valence-corrected chi connectivity index (χ1v) is 4.80. The van der Waals surface area contributed by atoms with Crippen LogP contribution in [0.25, 0.3) is 11.1 Å². The molecule has 88 valence electrons. The van der Waals surface area contributed by atoms with Crippen LogP contribution in [0, 0.1) is 17.5 Å². The lowest BCUT2D eigenvalue weighted by molar-refractivity contribution is 0.587. The van der Waals surface area contributed by atoms with Crippen LogP contribution >= 0.6 is 0 Å². The molecule has 0 spiro atoms. The molecule has 2 aromatic rings. The number of benzene rings is 2. The number of halogens is 3. The minimum absolute atomic E-state index is 0.207. The summed E-state index contributed by atoms with van der Waals surface area (Å²) in [6.45, 7) is 0. The molecule has 4 N–H and O–H groups in total. The number of hydrogen-bond donors (Lipinski definition) is 2. The van der Waals surface area contributed by atoms with Gasteiger partial charge in [0.15, 0.2) is 11.6 Å². The molecule has 5 heteroatoms. The SMILES string of the molecule is Nc1cc(N)c(F)c(-c2ccccc2F)c1F. The van der Waals surface area contributed by atoms with Gasteiger partial charge in [-0.05, 0) is 12.1 Å². The standard InChI is InChI=1S/C12H9F3N2/c13-7-4-2-1-3-6(7)10-11(14)8(16)5-9(17)12(10)15/h1-5H,16-17H2. The second-order valence-corrected chi connectivity index (χ2v) is 3.54. The number of rotatable bonds is 1. The van der Waals surface area contributed by atoms with Gasteiger partial charge in [0.05, 0.1) is 16.9 Å². The quantitative estimate of drug-likeness (QED) is 0.750. The smallest absolute Gasteiger partial charge is 0.157 e. The minimum Gasteiger partial charge on any atom is -0.396 e. The van der Waals surface area contributed by atoms with Crippen molar-refractivity contribution in [1.29, 1.82) is 0 Å². The number of anilines is 2. The Kier molecular flexibility index (Phi) is 2.67. The van der Waals surface area contributed by atoms with Crippen molar-refractivity contribution in [1.82, 2.24) is 0 Å². The fraction of sp³-hybridized carbons (Fsp3) is 0. The summed E-state index contributed by atoms with van der Waals surface area (Å²) in [6, 6.07) is 6.22. The van der Waals surface area contributed by atoms with Crippen LogP contribution in [0.15, 0.2) is 30.3 Å². The second kappa shape index (κ2) is 4.01. The first kappa shape index (κ1) is 11.3. The summed E-state index contributed by atoms with van der Waals surface area (Å²) >= 11 is 0. The predicted molar refractivity (Wildman–Crippen MR) is 60.6 cm³/mol. The number of nitrogens with two attached hydrogens (primary N) is 2. The average Bonchev–Trinajstić information content (AvgIpc) is 2.29. The molecule has 0 aliphatic carbocycles. The Hall–Kier alpha value is -2.17. The van der Waals surface area contributed by atoms with E-state index < -0.39 is 23.0 Å². The molecule has 0 amide bonds. The molecule has 2 rings (SSSR count). The van der Waals surface area contributed by atoms with Crippen LogP contribution in [0.1, 0.15) is 0 Å². The zero-order valence-corrected chi connectivity index (χ0v) is 8.68. The molecule has 17 heavy (non-hydrogen) atoms. The van der Waals surface area contributed by atoms with Crippen molar-refractivity contribution in [2.24, 2.45) is 0 Å². The molecule has 0 atom stereocenters. The third kappa shape index (κ3) is 1.80. The summed E-state index contributed by atoms with van der Waals surface area (Å²) in [7, 11) is 0. The molecule has 0 fully saturated rings. The first-order valence-electron chi connectivity index (χ1n) is 4.80. The van der Waals surface area contributed by atoms with Gasteiger partial charge in [0.25, 0.3) is 0 Å². The third-order valence-electron chi connectivity index (χ3n) is 2.40. The maximum atomic E-state index is 13.7. The van der Waals surface area contributed by atoms with Gasteiger partial charge < -0.3 is 11.5 Å². The first-order chi connectivity index (χ1) is 8.02. The van der Waals surface area contributed by atoms with Gasteiger partial charge >= 0.3 is 0 Å². The lowest BCUT2D eigenvalue weighted by Gasteiger charge is -2.10. The van der Waals surface area contributed by atoms with Gasteiger partial charge in [0.1, 0.15) is 5.82 Å². The van der Waals surface area contributed by atoms with Crippen molar-refractivity contribution in [2.45, 2.75) is 0 Å². The van der Waals surface area contributed by atoms with E-state index in [4.69, 9.17) is 11.5 Å². The summed E-state index contributed by atoms with van der Waals surface area (Å²) in [6.07, 6.45) is 0. The van der Waals surface area contributed by atoms with E-state index in [-0.39, 0.29) is 16.9 Å². The minimum atomic E-state index is -1.01. The van der Waals surface area contributed by atoms with E-state index in [0.717, 1.165) is 12.1 Å². The summed E-state index contributed by atoms with van der Waals surface area (Å²) < 4.78 is 40.9. The molecule has 0 aromatic heterocycles. The normalized spacial score (nSPS) is 10.5. The topological polar surface area (TPSA) is 52.0 Å². The van der Waals surface area contributed by atoms with Crippen molar-refractivity contribution in [2.75, 3.05) is 11.5 Å². The number of hydrogen-bond acceptors (Lipinski definition) is 2. The van der Waals surface area contributed by atoms with Crippen LogP contribution in [0.3, 0.4) is 0 Å². The molecule has 0 aliphatic rings. The maximum absolute atomic E-state index is 13.7. The highest BCUT2D eigenvalue weighted by molar-refractivity contribution is 5.74. The van der Waals surface area contributed by atoms with E-state index in [0.29, 0.717) is 0 Å². The van der Waals surface area contributed by atoms with Gasteiger partial charge in [-0.25, -0.2) is 13.2 Å². The van der Waals surface area contributed by atoms with E-state index in [1.54, 1.807) is 0 Å². The molecule has 0 saturated carbocycles. The Labute approximate surface area is 95.7 Å². The molecular formula is C12H9F3N2. The summed E-state index contributed by atoms with van der Waals surface area (Å²) in [5.41, 5.74) is 9.28. The van der Waals surface area contributed by atoms with E-state index in [9.17, 15) is 13.2 Å². The molecule has 2 nitrogen and oxygen atoms in total. The average molecular weight is 238 g/mol. The van der Waals surface area contributed by atoms with Crippen LogP contribution in [0.4, 0.5) is 24.5 Å². The molecule has 2 aromatic carbocycles.